The largest absolute Gasteiger partial charge is 0.756 e. The molecule has 0 heterocycles. The van der Waals surface area contributed by atoms with Gasteiger partial charge in [0.25, 0.3) is 7.82 Å². The second-order valence-electron chi connectivity index (χ2n) is 19.9. The highest BCUT2D eigenvalue weighted by Crippen LogP contribution is 2.38. The molecule has 0 aliphatic rings. The molecule has 9 heteroatoms. The number of likely N-dealkylation sites (N-methyl/N-ethyl adjacent to an activating group) is 1. The van der Waals surface area contributed by atoms with Crippen LogP contribution in [0.5, 0.6) is 0 Å². The smallest absolute Gasteiger partial charge is 0.268 e. The van der Waals surface area contributed by atoms with Gasteiger partial charge >= 0.3 is 0 Å². The van der Waals surface area contributed by atoms with Crippen molar-refractivity contribution in [3.63, 3.8) is 0 Å². The second kappa shape index (κ2) is 50.4. The first kappa shape index (κ1) is 66.4. The first-order valence-electron chi connectivity index (χ1n) is 28.1. The Balaban J connectivity index is 4.01. The molecule has 0 saturated heterocycles. The Hall–Kier alpha value is -2.58. The first-order chi connectivity index (χ1) is 33.5. The van der Waals surface area contributed by atoms with Gasteiger partial charge in [0.05, 0.1) is 39.9 Å². The third-order valence-electron chi connectivity index (χ3n) is 12.1. The maximum Gasteiger partial charge on any atom is 0.268 e. The van der Waals surface area contributed by atoms with Crippen LogP contribution >= 0.6 is 7.82 Å². The van der Waals surface area contributed by atoms with Crippen LogP contribution in [0.2, 0.25) is 0 Å². The van der Waals surface area contributed by atoms with Crippen LogP contribution in [0.3, 0.4) is 0 Å². The molecule has 0 rings (SSSR count). The summed E-state index contributed by atoms with van der Waals surface area (Å²) in [7, 11) is 1.29. The predicted molar refractivity (Wildman–Crippen MR) is 297 cm³/mol. The van der Waals surface area contributed by atoms with Crippen LogP contribution in [0.15, 0.2) is 97.2 Å². The number of quaternary nitrogens is 1. The minimum atomic E-state index is -4.57. The van der Waals surface area contributed by atoms with Crippen LogP contribution in [0.25, 0.3) is 0 Å². The molecule has 0 aromatic carbocycles. The Labute approximate surface area is 426 Å². The van der Waals surface area contributed by atoms with E-state index in [1.807, 2.05) is 21.1 Å². The van der Waals surface area contributed by atoms with Crippen molar-refractivity contribution in [2.75, 3.05) is 40.9 Å². The Kier molecular flexibility index (Phi) is 48.5. The van der Waals surface area contributed by atoms with Crippen molar-refractivity contribution in [1.29, 1.82) is 0 Å². The average Bonchev–Trinajstić information content (AvgIpc) is 3.31. The zero-order valence-electron chi connectivity index (χ0n) is 45.2. The molecule has 0 aliphatic heterocycles. The van der Waals surface area contributed by atoms with E-state index < -0.39 is 20.0 Å². The van der Waals surface area contributed by atoms with Crippen LogP contribution in [-0.4, -0.2) is 68.5 Å². The monoisotopic (exact) mass is 983 g/mol. The Morgan fingerprint density at radius 3 is 1.29 bits per heavy atom. The van der Waals surface area contributed by atoms with Crippen molar-refractivity contribution in [2.24, 2.45) is 0 Å². The summed E-state index contributed by atoms with van der Waals surface area (Å²) in [6.45, 7) is 4.58. The summed E-state index contributed by atoms with van der Waals surface area (Å²) >= 11 is 0. The Morgan fingerprint density at radius 1 is 0.522 bits per heavy atom. The number of phosphoric ester groups is 1. The zero-order chi connectivity index (χ0) is 50.6. The quantitative estimate of drug-likeness (QED) is 0.0272. The molecule has 1 amide bonds. The standard InChI is InChI=1S/C60H107N2O6P/c1-6-8-10-12-14-16-18-19-20-21-22-23-24-25-26-27-28-29-30-31-32-33-34-35-36-37-38-39-40-41-42-43-44-46-48-50-52-54-60(64)61-58(57-68-69(65,66)67-56-55-62(3,4)5)59(63)53-51-49-47-45-17-15-13-11-9-7-2/h8,10,14,16,19-20,22-23,25-26,28-29,31-32,34-35,58-59,63H,6-7,9,11-13,15,17-18,21,24,27,30,33,36-57H2,1-5H3,(H-,61,64,65,66)/b10-8-,16-14-,20-19-,23-22-,26-25-,29-28-,32-31-,35-34-. The van der Waals surface area contributed by atoms with E-state index >= 15 is 0 Å². The van der Waals surface area contributed by atoms with Gasteiger partial charge in [-0.2, -0.15) is 0 Å². The van der Waals surface area contributed by atoms with Crippen LogP contribution < -0.4 is 10.2 Å². The van der Waals surface area contributed by atoms with Gasteiger partial charge in [-0.3, -0.25) is 9.36 Å². The lowest BCUT2D eigenvalue weighted by Gasteiger charge is -2.30. The molecule has 0 radical (unpaired) electrons. The molecule has 2 N–H and O–H groups in total. The maximum atomic E-state index is 12.9. The van der Waals surface area contributed by atoms with Gasteiger partial charge in [0.2, 0.25) is 5.91 Å². The SMILES string of the molecule is CC/C=C\C/C=C\C/C=C\C/C=C\C/C=C\C/C=C\C/C=C\C/C=C\CCCCCCCCCCCCCCC(=O)NC(COP(=O)([O-])OCC[N+](C)(C)C)C(O)CCCCCCCCCCCC. The highest BCUT2D eigenvalue weighted by molar-refractivity contribution is 7.45. The lowest BCUT2D eigenvalue weighted by molar-refractivity contribution is -0.870. The van der Waals surface area contributed by atoms with E-state index in [2.05, 4.69) is 116 Å². The fraction of sp³-hybridized carbons (Fsp3) is 0.717. The number of aliphatic hydroxyl groups excluding tert-OH is 1. The zero-order valence-corrected chi connectivity index (χ0v) is 46.1. The predicted octanol–water partition coefficient (Wildman–Crippen LogP) is 16.4. The molecule has 0 fully saturated rings. The fourth-order valence-electron chi connectivity index (χ4n) is 7.70. The van der Waals surface area contributed by atoms with Crippen LogP contribution in [0.1, 0.15) is 226 Å². The average molecular weight is 983 g/mol. The summed E-state index contributed by atoms with van der Waals surface area (Å²) in [5.74, 6) is -0.172. The molecule has 0 aromatic rings. The minimum Gasteiger partial charge on any atom is -0.756 e. The number of hydrogen-bond donors (Lipinski definition) is 2. The molecule has 0 spiro atoms. The number of carbonyl (C=O) groups is 1. The highest BCUT2D eigenvalue weighted by Gasteiger charge is 2.24. The van der Waals surface area contributed by atoms with Gasteiger partial charge in [-0.15, -0.1) is 0 Å². The molecule has 0 saturated carbocycles. The van der Waals surface area contributed by atoms with Gasteiger partial charge in [-0.25, -0.2) is 0 Å². The third kappa shape index (κ3) is 53.1. The fourth-order valence-corrected chi connectivity index (χ4v) is 8.43. The van der Waals surface area contributed by atoms with E-state index in [4.69, 9.17) is 9.05 Å². The van der Waals surface area contributed by atoms with Crippen LogP contribution in [0, 0.1) is 0 Å². The molecule has 3 atom stereocenters. The number of nitrogens with zero attached hydrogens (tertiary/aromatic N) is 1. The van der Waals surface area contributed by atoms with E-state index in [1.165, 1.54) is 109 Å². The van der Waals surface area contributed by atoms with E-state index in [-0.39, 0.29) is 19.1 Å². The summed E-state index contributed by atoms with van der Waals surface area (Å²) in [5, 5.41) is 13.9. The summed E-state index contributed by atoms with van der Waals surface area (Å²) in [6.07, 6.45) is 71.6. The number of carbonyl (C=O) groups excluding carboxylic acids is 1. The molecular weight excluding hydrogens is 876 g/mol. The molecule has 0 aromatic heterocycles. The van der Waals surface area contributed by atoms with E-state index in [0.29, 0.717) is 23.9 Å². The number of nitrogens with one attached hydrogen (secondary N) is 1. The number of aliphatic hydroxyl groups is 1. The van der Waals surface area contributed by atoms with Gasteiger partial charge in [0.1, 0.15) is 13.2 Å². The number of amides is 1. The molecule has 398 valence electrons. The lowest BCUT2D eigenvalue weighted by Crippen LogP contribution is -2.46. The number of unbranched alkanes of at least 4 members (excludes halogenated alkanes) is 21. The van der Waals surface area contributed by atoms with Crippen molar-refractivity contribution in [3.05, 3.63) is 97.2 Å². The minimum absolute atomic E-state index is 0.00821. The van der Waals surface area contributed by atoms with Crippen molar-refractivity contribution < 1.29 is 32.9 Å². The van der Waals surface area contributed by atoms with Gasteiger partial charge in [-0.05, 0) is 77.0 Å². The molecule has 0 bridgehead atoms. The Bertz CT molecular complexity index is 1440. The summed E-state index contributed by atoms with van der Waals surface area (Å²) in [4.78, 5) is 25.4. The summed E-state index contributed by atoms with van der Waals surface area (Å²) in [5.41, 5.74) is 0. The van der Waals surface area contributed by atoms with Gasteiger partial charge in [0.15, 0.2) is 0 Å². The van der Waals surface area contributed by atoms with Crippen molar-refractivity contribution >= 4 is 13.7 Å². The van der Waals surface area contributed by atoms with Gasteiger partial charge in [0, 0.05) is 6.42 Å². The number of hydrogen-bond acceptors (Lipinski definition) is 6. The highest BCUT2D eigenvalue weighted by atomic mass is 31.2. The lowest BCUT2D eigenvalue weighted by atomic mass is 10.0. The molecule has 8 nitrogen and oxygen atoms in total. The maximum absolute atomic E-state index is 12.9. The Morgan fingerprint density at radius 2 is 0.884 bits per heavy atom. The molecular formula is C60H107N2O6P. The molecule has 69 heavy (non-hydrogen) atoms. The summed E-state index contributed by atoms with van der Waals surface area (Å²) in [6, 6.07) is -0.805. The second-order valence-corrected chi connectivity index (χ2v) is 21.3. The van der Waals surface area contributed by atoms with Crippen molar-refractivity contribution in [2.45, 2.75) is 238 Å². The normalized spacial score (nSPS) is 14.7. The summed E-state index contributed by atoms with van der Waals surface area (Å²) < 4.78 is 23.3. The van der Waals surface area contributed by atoms with Gasteiger partial charge < -0.3 is 28.8 Å². The number of allylic oxidation sites excluding steroid dienone is 16. The first-order valence-corrected chi connectivity index (χ1v) is 29.5. The van der Waals surface area contributed by atoms with E-state index in [9.17, 15) is 19.4 Å². The van der Waals surface area contributed by atoms with Crippen LogP contribution in [0.4, 0.5) is 0 Å². The van der Waals surface area contributed by atoms with Crippen molar-refractivity contribution in [1.82, 2.24) is 5.32 Å². The van der Waals surface area contributed by atoms with Crippen LogP contribution in [-0.2, 0) is 18.4 Å². The topological polar surface area (TPSA) is 108 Å². The number of phosphoric acid groups is 1. The van der Waals surface area contributed by atoms with Crippen molar-refractivity contribution in [3.8, 4) is 0 Å². The third-order valence-corrected chi connectivity index (χ3v) is 13.1. The van der Waals surface area contributed by atoms with Gasteiger partial charge in [-0.1, -0.05) is 239 Å². The molecule has 0 aliphatic carbocycles. The molecule has 3 unspecified atom stereocenters. The van der Waals surface area contributed by atoms with E-state index in [0.717, 1.165) is 89.9 Å². The number of rotatable bonds is 50. The van der Waals surface area contributed by atoms with E-state index in [1.54, 1.807) is 0 Å².